The van der Waals surface area contributed by atoms with Crippen molar-refractivity contribution in [2.24, 2.45) is 11.8 Å². The fourth-order valence-corrected chi connectivity index (χ4v) is 7.67. The molecule has 0 bridgehead atoms. The van der Waals surface area contributed by atoms with E-state index in [1.54, 1.807) is 18.2 Å². The Morgan fingerprint density at radius 1 is 0.959 bits per heavy atom. The molecule has 0 spiro atoms. The second kappa shape index (κ2) is 15.9. The Kier molecular flexibility index (Phi) is 11.4. The van der Waals surface area contributed by atoms with Crippen molar-refractivity contribution in [2.45, 2.75) is 83.3 Å². The first-order chi connectivity index (χ1) is 23.7. The fourth-order valence-electron chi connectivity index (χ4n) is 7.42. The number of rotatable bonds is 9. The number of ether oxygens (including phenoxy) is 2. The number of likely N-dealkylation sites (N-methyl/N-ethyl adjacent to an activating group) is 1. The van der Waals surface area contributed by atoms with Gasteiger partial charge in [-0.25, -0.2) is 14.8 Å². The van der Waals surface area contributed by atoms with Crippen LogP contribution in [0.15, 0.2) is 43.0 Å². The molecule has 0 atom stereocenters. The topological polar surface area (TPSA) is 106 Å². The number of nitrogens with zero attached hydrogens (tertiary/aromatic N) is 7. The van der Waals surface area contributed by atoms with Gasteiger partial charge in [-0.1, -0.05) is 11.6 Å². The normalized spacial score (nSPS) is 23.3. The quantitative estimate of drug-likeness (QED) is 0.240. The summed E-state index contributed by atoms with van der Waals surface area (Å²) in [4.78, 5) is 42.4. The highest BCUT2D eigenvalue weighted by molar-refractivity contribution is 6.31. The minimum atomic E-state index is -0.227. The number of halogens is 1. The predicted molar refractivity (Wildman–Crippen MR) is 190 cm³/mol. The number of carbonyl (C=O) groups excluding carboxylic acids is 2. The van der Waals surface area contributed by atoms with Crippen molar-refractivity contribution in [1.29, 1.82) is 0 Å². The average Bonchev–Trinajstić information content (AvgIpc) is 3.63. The van der Waals surface area contributed by atoms with Gasteiger partial charge in [0.25, 0.3) is 0 Å². The molecule has 0 N–H and O–H groups in total. The third-order valence-electron chi connectivity index (χ3n) is 10.6. The molecule has 3 aliphatic rings. The van der Waals surface area contributed by atoms with E-state index in [4.69, 9.17) is 26.1 Å². The van der Waals surface area contributed by atoms with E-state index >= 15 is 0 Å². The van der Waals surface area contributed by atoms with Gasteiger partial charge in [0.15, 0.2) is 0 Å². The van der Waals surface area contributed by atoms with Crippen LogP contribution in [0.5, 0.6) is 5.88 Å². The Balaban J connectivity index is 1.14. The molecule has 2 saturated carbocycles. The van der Waals surface area contributed by atoms with Gasteiger partial charge in [-0.15, -0.1) is 0 Å². The Morgan fingerprint density at radius 3 is 2.35 bits per heavy atom. The molecule has 0 aromatic carbocycles. The number of amides is 2. The maximum Gasteiger partial charge on any atom is 0.410 e. The highest BCUT2D eigenvalue weighted by Gasteiger charge is 2.35. The van der Waals surface area contributed by atoms with Crippen LogP contribution in [0.4, 0.5) is 10.6 Å². The highest BCUT2D eigenvalue weighted by atomic mass is 35.5. The van der Waals surface area contributed by atoms with E-state index in [0.717, 1.165) is 55.5 Å². The van der Waals surface area contributed by atoms with Gasteiger partial charge < -0.3 is 19.3 Å². The maximum absolute atomic E-state index is 14.4. The Bertz CT molecular complexity index is 1570. The predicted octanol–water partition coefficient (Wildman–Crippen LogP) is 6.83. The van der Waals surface area contributed by atoms with Gasteiger partial charge in [-0.3, -0.25) is 14.4 Å². The summed E-state index contributed by atoms with van der Waals surface area (Å²) in [6, 6.07) is 6.24. The molecule has 49 heavy (non-hydrogen) atoms. The first kappa shape index (κ1) is 35.1. The molecule has 3 fully saturated rings. The molecule has 6 rings (SSSR count). The first-order valence-electron chi connectivity index (χ1n) is 17.8. The average molecular weight is 692 g/mol. The summed E-state index contributed by atoms with van der Waals surface area (Å²) in [6.45, 7) is 7.92. The molecular weight excluding hydrogens is 642 g/mol. The van der Waals surface area contributed by atoms with Crippen LogP contribution in [-0.4, -0.2) is 94.5 Å². The van der Waals surface area contributed by atoms with Gasteiger partial charge in [-0.2, -0.15) is 5.10 Å². The lowest BCUT2D eigenvalue weighted by Gasteiger charge is -2.36. The Morgan fingerprint density at radius 2 is 1.69 bits per heavy atom. The minimum Gasteiger partial charge on any atom is -0.480 e. The monoisotopic (exact) mass is 691 g/mol. The van der Waals surface area contributed by atoms with Crippen molar-refractivity contribution in [3.05, 3.63) is 53.6 Å². The largest absolute Gasteiger partial charge is 0.480 e. The van der Waals surface area contributed by atoms with Gasteiger partial charge in [0.05, 0.1) is 13.3 Å². The number of anilines is 1. The number of hydrogen-bond acceptors (Lipinski definition) is 8. The van der Waals surface area contributed by atoms with Crippen LogP contribution in [-0.2, 0) is 9.53 Å². The molecule has 0 unspecified atom stereocenters. The zero-order valence-electron chi connectivity index (χ0n) is 29.3. The summed E-state index contributed by atoms with van der Waals surface area (Å²) >= 11 is 6.40. The van der Waals surface area contributed by atoms with Gasteiger partial charge >= 0.3 is 6.09 Å². The lowest BCUT2D eigenvalue weighted by Crippen LogP contribution is -2.48. The van der Waals surface area contributed by atoms with Gasteiger partial charge in [-0.05, 0) is 113 Å². The van der Waals surface area contributed by atoms with E-state index in [9.17, 15) is 9.59 Å². The Hall–Kier alpha value is -3.70. The van der Waals surface area contributed by atoms with Crippen LogP contribution in [0.1, 0.15) is 82.7 Å². The smallest absolute Gasteiger partial charge is 0.410 e. The van der Waals surface area contributed by atoms with Crippen molar-refractivity contribution in [1.82, 2.24) is 29.5 Å². The van der Waals surface area contributed by atoms with Gasteiger partial charge in [0.1, 0.15) is 16.9 Å². The molecule has 11 nitrogen and oxygen atoms in total. The van der Waals surface area contributed by atoms with E-state index in [1.165, 1.54) is 0 Å². The molecule has 2 amide bonds. The Labute approximate surface area is 294 Å². The maximum atomic E-state index is 14.4. The van der Waals surface area contributed by atoms with Gasteiger partial charge in [0.2, 0.25) is 11.8 Å². The van der Waals surface area contributed by atoms with Crippen LogP contribution in [0.25, 0.3) is 11.1 Å². The summed E-state index contributed by atoms with van der Waals surface area (Å²) in [7, 11) is 3.64. The zero-order valence-corrected chi connectivity index (χ0v) is 30.0. The summed E-state index contributed by atoms with van der Waals surface area (Å²) < 4.78 is 13.1. The summed E-state index contributed by atoms with van der Waals surface area (Å²) in [6.07, 6.45) is 14.0. The van der Waals surface area contributed by atoms with Crippen molar-refractivity contribution in [2.75, 3.05) is 51.8 Å². The summed E-state index contributed by atoms with van der Waals surface area (Å²) in [5.41, 5.74) is 3.13. The van der Waals surface area contributed by atoms with Crippen LogP contribution >= 0.6 is 11.6 Å². The lowest BCUT2D eigenvalue weighted by atomic mass is 9.78. The molecule has 4 heterocycles. The van der Waals surface area contributed by atoms with Crippen molar-refractivity contribution in [3.63, 3.8) is 0 Å². The van der Waals surface area contributed by atoms with E-state index in [-0.39, 0.29) is 30.1 Å². The molecule has 12 heteroatoms. The van der Waals surface area contributed by atoms with Crippen LogP contribution in [0.2, 0.25) is 5.02 Å². The van der Waals surface area contributed by atoms with E-state index in [1.807, 2.05) is 46.4 Å². The number of methoxy groups -OCH3 is 1. The van der Waals surface area contributed by atoms with E-state index < -0.39 is 0 Å². The lowest BCUT2D eigenvalue weighted by molar-refractivity contribution is -0.124. The summed E-state index contributed by atoms with van der Waals surface area (Å²) in [5, 5.41) is 5.07. The van der Waals surface area contributed by atoms with Crippen molar-refractivity contribution in [3.8, 4) is 17.0 Å². The second-order valence-electron chi connectivity index (χ2n) is 14.3. The molecule has 1 aliphatic heterocycles. The number of pyridine rings is 2. The molecule has 0 radical (unpaired) electrons. The SMILES string of the molecule is COc1ncc(C2CCC(CN(C(=O)C3CCC(OC(=O)N4CCN(C)CC4)CC3)c3cc(-c4cnn(C(C)C)c4)ccn3)CC2)cc1Cl. The molecule has 1 saturated heterocycles. The second-order valence-corrected chi connectivity index (χ2v) is 14.7. The van der Waals surface area contributed by atoms with Crippen LogP contribution in [0.3, 0.4) is 0 Å². The molecule has 2 aliphatic carbocycles. The number of carbonyl (C=O) groups is 2. The van der Waals surface area contributed by atoms with Crippen molar-refractivity contribution < 1.29 is 19.1 Å². The third-order valence-corrected chi connectivity index (χ3v) is 10.9. The number of hydrogen-bond donors (Lipinski definition) is 0. The molecule has 3 aromatic rings. The minimum absolute atomic E-state index is 0.111. The van der Waals surface area contributed by atoms with Crippen LogP contribution < -0.4 is 9.64 Å². The first-order valence-corrected chi connectivity index (χ1v) is 18.2. The van der Waals surface area contributed by atoms with Crippen molar-refractivity contribution >= 4 is 29.4 Å². The van der Waals surface area contributed by atoms with E-state index in [0.29, 0.717) is 73.9 Å². The molecule has 3 aromatic heterocycles. The number of aromatic nitrogens is 4. The number of piperazine rings is 1. The molecular formula is C37H50ClN7O4. The third kappa shape index (κ3) is 8.55. The molecule has 264 valence electrons. The standard InChI is InChI=1S/C37H50ClN7O4/c1-25(2)45-24-31(22-41-45)29-13-14-39-34(20-29)44(23-26-5-7-27(8-6-26)30-19-33(38)35(48-4)40-21-30)36(46)28-9-11-32(12-10-28)49-37(47)43-17-15-42(3)16-18-43/h13-14,19-22,24-28,32H,5-12,15-18,23H2,1-4H3. The summed E-state index contributed by atoms with van der Waals surface area (Å²) in [5.74, 6) is 1.81. The van der Waals surface area contributed by atoms with Gasteiger partial charge in [0, 0.05) is 68.8 Å². The van der Waals surface area contributed by atoms with E-state index in [2.05, 4.69) is 35.9 Å². The fraction of sp³-hybridized carbons (Fsp3) is 0.595. The highest BCUT2D eigenvalue weighted by Crippen LogP contribution is 2.39. The zero-order chi connectivity index (χ0) is 34.5. The van der Waals surface area contributed by atoms with Crippen LogP contribution in [0, 0.1) is 11.8 Å².